The van der Waals surface area contributed by atoms with Crippen molar-refractivity contribution < 1.29 is 14.3 Å². The summed E-state index contributed by atoms with van der Waals surface area (Å²) in [5, 5.41) is 3.38. The molecule has 4 rings (SSSR count). The molecule has 4 aromatic carbocycles. The summed E-state index contributed by atoms with van der Waals surface area (Å²) in [5.74, 6) is -0.468. The number of ether oxygens (including phenoxy) is 1. The Morgan fingerprint density at radius 3 is 1.69 bits per heavy atom. The smallest absolute Gasteiger partial charge is 0.240 e. The lowest BCUT2D eigenvalue weighted by Crippen LogP contribution is -2.54. The largest absolute Gasteiger partial charge is 0.495 e. The highest BCUT2D eigenvalue weighted by molar-refractivity contribution is 6.32. The zero-order chi connectivity index (χ0) is 25.5. The molecule has 3 N–H and O–H groups in total. The second kappa shape index (κ2) is 11.1. The Morgan fingerprint density at radius 2 is 1.31 bits per heavy atom. The number of hydrogen-bond acceptors (Lipinski definition) is 3. The van der Waals surface area contributed by atoms with Crippen molar-refractivity contribution in [2.45, 2.75) is 17.9 Å². The predicted octanol–water partition coefficient (Wildman–Crippen LogP) is 4.90. The van der Waals surface area contributed by atoms with Crippen LogP contribution in [0.4, 0.5) is 0 Å². The monoisotopic (exact) mass is 498 g/mol. The molecule has 0 bridgehead atoms. The maximum absolute atomic E-state index is 14.4. The van der Waals surface area contributed by atoms with E-state index in [0.717, 1.165) is 22.3 Å². The first-order valence-corrected chi connectivity index (χ1v) is 11.9. The number of nitrogens with one attached hydrogen (secondary N) is 1. The van der Waals surface area contributed by atoms with Crippen LogP contribution in [0.3, 0.4) is 0 Å². The number of amides is 2. The fourth-order valence-corrected chi connectivity index (χ4v) is 4.80. The van der Waals surface area contributed by atoms with Gasteiger partial charge in [0.05, 0.1) is 12.1 Å². The number of benzene rings is 4. The Bertz CT molecular complexity index is 1230. The first-order valence-electron chi connectivity index (χ1n) is 11.6. The van der Waals surface area contributed by atoms with Gasteiger partial charge in [-0.15, -0.1) is 0 Å². The maximum Gasteiger partial charge on any atom is 0.240 e. The van der Waals surface area contributed by atoms with Crippen molar-refractivity contribution in [3.63, 3.8) is 0 Å². The summed E-state index contributed by atoms with van der Waals surface area (Å²) < 4.78 is 5.22. The van der Waals surface area contributed by atoms with Crippen molar-refractivity contribution >= 4 is 23.4 Å². The van der Waals surface area contributed by atoms with Gasteiger partial charge in [0, 0.05) is 6.42 Å². The molecule has 0 fully saturated rings. The topological polar surface area (TPSA) is 81.4 Å². The Morgan fingerprint density at radius 1 is 0.833 bits per heavy atom. The molecule has 0 aliphatic carbocycles. The molecule has 0 unspecified atom stereocenters. The van der Waals surface area contributed by atoms with Gasteiger partial charge in [0.1, 0.15) is 17.2 Å². The van der Waals surface area contributed by atoms with Crippen molar-refractivity contribution in [3.05, 3.63) is 136 Å². The minimum atomic E-state index is -1.21. The molecule has 2 amide bonds. The quantitative estimate of drug-likeness (QED) is 0.322. The number of methoxy groups -OCH3 is 1. The van der Waals surface area contributed by atoms with Crippen LogP contribution in [0, 0.1) is 0 Å². The molecule has 182 valence electrons. The lowest BCUT2D eigenvalue weighted by molar-refractivity contribution is -0.129. The third kappa shape index (κ3) is 4.97. The molecular weight excluding hydrogens is 472 g/mol. The van der Waals surface area contributed by atoms with E-state index in [1.54, 1.807) is 18.2 Å². The van der Waals surface area contributed by atoms with Crippen molar-refractivity contribution in [2.24, 2.45) is 5.73 Å². The minimum Gasteiger partial charge on any atom is -0.495 e. The number of carbonyl (C=O) groups is 2. The van der Waals surface area contributed by atoms with Gasteiger partial charge < -0.3 is 15.8 Å². The van der Waals surface area contributed by atoms with Crippen LogP contribution in [-0.2, 0) is 21.4 Å². The predicted molar refractivity (Wildman–Crippen MR) is 142 cm³/mol. The van der Waals surface area contributed by atoms with Crippen molar-refractivity contribution in [1.29, 1.82) is 0 Å². The third-order valence-corrected chi connectivity index (χ3v) is 6.56. The van der Waals surface area contributed by atoms with Gasteiger partial charge in [0.2, 0.25) is 11.8 Å². The number of carbonyl (C=O) groups excluding carboxylic acids is 2. The van der Waals surface area contributed by atoms with Crippen LogP contribution < -0.4 is 15.8 Å². The first-order chi connectivity index (χ1) is 17.5. The first kappa shape index (κ1) is 25.0. The van der Waals surface area contributed by atoms with Crippen LogP contribution in [0.25, 0.3) is 0 Å². The van der Waals surface area contributed by atoms with Gasteiger partial charge in [-0.05, 0) is 34.4 Å². The summed E-state index contributed by atoms with van der Waals surface area (Å²) in [7, 11) is 1.53. The number of primary amides is 1. The van der Waals surface area contributed by atoms with Crippen LogP contribution in [0.15, 0.2) is 109 Å². The van der Waals surface area contributed by atoms with E-state index in [1.165, 1.54) is 7.11 Å². The Kier molecular flexibility index (Phi) is 7.71. The molecule has 0 saturated heterocycles. The normalized spacial score (nSPS) is 11.9. The lowest BCUT2D eigenvalue weighted by Gasteiger charge is -2.35. The van der Waals surface area contributed by atoms with Crippen molar-refractivity contribution in [2.75, 3.05) is 7.11 Å². The zero-order valence-corrected chi connectivity index (χ0v) is 20.6. The van der Waals surface area contributed by atoms with Crippen LogP contribution in [0.2, 0.25) is 5.02 Å². The molecule has 4 aromatic rings. The highest BCUT2D eigenvalue weighted by atomic mass is 35.5. The second-order valence-corrected chi connectivity index (χ2v) is 8.86. The number of rotatable bonds is 9. The number of hydrogen-bond donors (Lipinski definition) is 2. The highest BCUT2D eigenvalue weighted by Gasteiger charge is 2.44. The fraction of sp³-hybridized carbons (Fsp3) is 0.133. The second-order valence-electron chi connectivity index (χ2n) is 8.45. The average molecular weight is 499 g/mol. The van der Waals surface area contributed by atoms with Crippen LogP contribution >= 0.6 is 11.6 Å². The Labute approximate surface area is 215 Å². The van der Waals surface area contributed by atoms with Gasteiger partial charge in [-0.1, -0.05) is 109 Å². The van der Waals surface area contributed by atoms with Gasteiger partial charge in [-0.3, -0.25) is 9.59 Å². The van der Waals surface area contributed by atoms with E-state index in [2.05, 4.69) is 5.32 Å². The van der Waals surface area contributed by atoms with Crippen molar-refractivity contribution in [3.8, 4) is 5.75 Å². The summed E-state index contributed by atoms with van der Waals surface area (Å²) in [6, 6.07) is 32.9. The highest BCUT2D eigenvalue weighted by Crippen LogP contribution is 2.39. The minimum absolute atomic E-state index is 0.180. The molecule has 0 heterocycles. The van der Waals surface area contributed by atoms with Gasteiger partial charge in [-0.2, -0.15) is 0 Å². The Hall–Kier alpha value is -4.09. The molecule has 6 heteroatoms. The molecule has 5 nitrogen and oxygen atoms in total. The number of nitrogens with two attached hydrogens (primary N) is 1. The molecule has 0 radical (unpaired) electrons. The molecule has 0 aliphatic heterocycles. The molecule has 0 aromatic heterocycles. The molecule has 36 heavy (non-hydrogen) atoms. The van der Waals surface area contributed by atoms with Gasteiger partial charge in [-0.25, -0.2) is 0 Å². The zero-order valence-electron chi connectivity index (χ0n) is 19.9. The van der Waals surface area contributed by atoms with Gasteiger partial charge in [0.25, 0.3) is 0 Å². The van der Waals surface area contributed by atoms with E-state index in [0.29, 0.717) is 10.8 Å². The van der Waals surface area contributed by atoms with Gasteiger partial charge >= 0.3 is 0 Å². The summed E-state index contributed by atoms with van der Waals surface area (Å²) in [6.07, 6.45) is 0.180. The van der Waals surface area contributed by atoms with Gasteiger partial charge in [0.15, 0.2) is 0 Å². The molecule has 0 saturated carbocycles. The molecular formula is C30H27ClN2O3. The summed E-state index contributed by atoms with van der Waals surface area (Å²) in [4.78, 5) is 26.9. The fourth-order valence-electron chi connectivity index (χ4n) is 4.52. The average Bonchev–Trinajstić information content (AvgIpc) is 2.91. The third-order valence-electron chi connectivity index (χ3n) is 6.27. The lowest BCUT2D eigenvalue weighted by atomic mass is 9.68. The van der Waals surface area contributed by atoms with Crippen LogP contribution in [0.1, 0.15) is 22.3 Å². The summed E-state index contributed by atoms with van der Waals surface area (Å²) in [6.45, 7) is 0. The molecule has 1 atom stereocenters. The maximum atomic E-state index is 14.4. The van der Waals surface area contributed by atoms with Crippen LogP contribution in [0.5, 0.6) is 5.75 Å². The SMILES string of the molecule is COc1ccc(C[C@H](NC(=O)C(c2ccccc2)(c2ccccc2)c2ccccc2)C(N)=O)cc1Cl. The molecule has 0 aliphatic rings. The van der Waals surface area contributed by atoms with E-state index in [9.17, 15) is 9.59 Å². The van der Waals surface area contributed by atoms with E-state index < -0.39 is 17.4 Å². The van der Waals surface area contributed by atoms with E-state index in [-0.39, 0.29) is 12.3 Å². The van der Waals surface area contributed by atoms with E-state index in [4.69, 9.17) is 22.1 Å². The molecule has 0 spiro atoms. The standard InChI is InChI=1S/C30H27ClN2O3/c1-36-27-18-17-21(19-25(27)31)20-26(28(32)34)33-29(35)30(22-11-5-2-6-12-22,23-13-7-3-8-14-23)24-15-9-4-10-16-24/h2-19,26H,20H2,1H3,(H2,32,34)(H,33,35)/t26-/m0/s1. The summed E-state index contributed by atoms with van der Waals surface area (Å²) in [5.41, 5.74) is 7.63. The van der Waals surface area contributed by atoms with Crippen LogP contribution in [-0.4, -0.2) is 25.0 Å². The Balaban J connectivity index is 1.81. The van der Waals surface area contributed by atoms with E-state index >= 15 is 0 Å². The number of halogens is 1. The van der Waals surface area contributed by atoms with Crippen molar-refractivity contribution in [1.82, 2.24) is 5.32 Å². The van der Waals surface area contributed by atoms with E-state index in [1.807, 2.05) is 91.0 Å². The summed E-state index contributed by atoms with van der Waals surface area (Å²) >= 11 is 6.28.